The van der Waals surface area contributed by atoms with E-state index in [1.54, 1.807) is 18.2 Å². The van der Waals surface area contributed by atoms with Crippen molar-refractivity contribution >= 4 is 39.2 Å². The van der Waals surface area contributed by atoms with E-state index >= 15 is 0 Å². The predicted molar refractivity (Wildman–Crippen MR) is 101 cm³/mol. The van der Waals surface area contributed by atoms with Gasteiger partial charge in [0.1, 0.15) is 5.75 Å². The average Bonchev–Trinajstić information content (AvgIpc) is 2.57. The molecule has 0 aliphatic carbocycles. The van der Waals surface area contributed by atoms with E-state index in [2.05, 4.69) is 31.5 Å². The van der Waals surface area contributed by atoms with Crippen LogP contribution in [-0.2, 0) is 0 Å². The SMILES string of the molecule is CCOc1ccc(C(=O)NC(=S)NC2CN3CCC2CC3)cc1Br. The van der Waals surface area contributed by atoms with Crippen molar-refractivity contribution in [3.63, 3.8) is 0 Å². The number of nitrogens with zero attached hydrogens (tertiary/aromatic N) is 1. The Balaban J connectivity index is 1.56. The third kappa shape index (κ3) is 4.07. The van der Waals surface area contributed by atoms with Crippen molar-refractivity contribution in [1.82, 2.24) is 15.5 Å². The average molecular weight is 412 g/mol. The second kappa shape index (κ2) is 7.80. The molecule has 0 saturated carbocycles. The summed E-state index contributed by atoms with van der Waals surface area (Å²) in [5.74, 6) is 1.17. The summed E-state index contributed by atoms with van der Waals surface area (Å²) in [5.41, 5.74) is 0.545. The highest BCUT2D eigenvalue weighted by atomic mass is 79.9. The quantitative estimate of drug-likeness (QED) is 0.745. The minimum Gasteiger partial charge on any atom is -0.493 e. The van der Waals surface area contributed by atoms with Crippen molar-refractivity contribution < 1.29 is 9.53 Å². The highest BCUT2D eigenvalue weighted by Gasteiger charge is 2.34. The molecule has 0 aromatic heterocycles. The Kier molecular flexibility index (Phi) is 5.73. The van der Waals surface area contributed by atoms with Gasteiger partial charge < -0.3 is 15.0 Å². The molecule has 1 aromatic rings. The highest BCUT2D eigenvalue weighted by Crippen LogP contribution is 2.28. The predicted octanol–water partition coefficient (Wildman–Crippen LogP) is 2.55. The summed E-state index contributed by atoms with van der Waals surface area (Å²) in [6, 6.07) is 5.61. The molecule has 1 amide bonds. The minimum atomic E-state index is -0.211. The summed E-state index contributed by atoms with van der Waals surface area (Å²) >= 11 is 8.75. The van der Waals surface area contributed by atoms with Crippen LogP contribution in [0.1, 0.15) is 30.1 Å². The van der Waals surface area contributed by atoms with Gasteiger partial charge in [0, 0.05) is 18.2 Å². The van der Waals surface area contributed by atoms with Crippen LogP contribution in [0.2, 0.25) is 0 Å². The molecule has 3 saturated heterocycles. The van der Waals surface area contributed by atoms with Crippen molar-refractivity contribution in [1.29, 1.82) is 0 Å². The number of carbonyl (C=O) groups excluding carboxylic acids is 1. The van der Waals surface area contributed by atoms with Crippen LogP contribution in [0.15, 0.2) is 22.7 Å². The smallest absolute Gasteiger partial charge is 0.257 e. The van der Waals surface area contributed by atoms with Crippen LogP contribution < -0.4 is 15.4 Å². The first-order valence-electron chi connectivity index (χ1n) is 8.33. The number of nitrogens with one attached hydrogen (secondary N) is 2. The number of ether oxygens (including phenoxy) is 1. The van der Waals surface area contributed by atoms with Crippen LogP contribution in [0.5, 0.6) is 5.75 Å². The van der Waals surface area contributed by atoms with Crippen LogP contribution in [0.3, 0.4) is 0 Å². The Morgan fingerprint density at radius 2 is 2.17 bits per heavy atom. The fraction of sp³-hybridized carbons (Fsp3) is 0.529. The van der Waals surface area contributed by atoms with Crippen LogP contribution in [0.4, 0.5) is 0 Å². The van der Waals surface area contributed by atoms with E-state index < -0.39 is 0 Å². The van der Waals surface area contributed by atoms with Crippen LogP contribution >= 0.6 is 28.1 Å². The number of rotatable bonds is 4. The maximum atomic E-state index is 12.4. The second-order valence-electron chi connectivity index (χ2n) is 6.25. The molecule has 0 spiro atoms. The summed E-state index contributed by atoms with van der Waals surface area (Å²) in [4.78, 5) is 14.8. The molecular weight excluding hydrogens is 390 g/mol. The molecule has 3 fully saturated rings. The van der Waals surface area contributed by atoms with Gasteiger partial charge in [0.2, 0.25) is 0 Å². The van der Waals surface area contributed by atoms with E-state index in [0.717, 1.165) is 16.8 Å². The van der Waals surface area contributed by atoms with Gasteiger partial charge in [-0.3, -0.25) is 10.1 Å². The topological polar surface area (TPSA) is 53.6 Å². The number of hydrogen-bond acceptors (Lipinski definition) is 4. The molecule has 0 radical (unpaired) electrons. The van der Waals surface area contributed by atoms with Gasteiger partial charge in [0.25, 0.3) is 5.91 Å². The van der Waals surface area contributed by atoms with Gasteiger partial charge in [-0.05, 0) is 85.1 Å². The number of piperidine rings is 3. The monoisotopic (exact) mass is 411 g/mol. The fourth-order valence-electron chi connectivity index (χ4n) is 3.42. The molecule has 1 aromatic carbocycles. The normalized spacial score (nSPS) is 25.2. The molecule has 2 bridgehead atoms. The Labute approximate surface area is 156 Å². The lowest BCUT2D eigenvalue weighted by Crippen LogP contribution is -2.59. The summed E-state index contributed by atoms with van der Waals surface area (Å²) in [5, 5.41) is 6.51. The molecule has 1 unspecified atom stereocenters. The Bertz CT molecular complexity index is 632. The molecule has 130 valence electrons. The van der Waals surface area contributed by atoms with E-state index in [4.69, 9.17) is 17.0 Å². The maximum Gasteiger partial charge on any atom is 0.257 e. The first kappa shape index (κ1) is 17.6. The standard InChI is InChI=1S/C17H22BrN3O2S/c1-2-23-15-4-3-12(9-13(15)18)16(22)20-17(24)19-14-10-21-7-5-11(14)6-8-21/h3-4,9,11,14H,2,5-8,10H2,1H3,(H2,19,20,22,24). The van der Waals surface area contributed by atoms with Crippen LogP contribution in [-0.4, -0.2) is 48.2 Å². The van der Waals surface area contributed by atoms with E-state index in [0.29, 0.717) is 29.2 Å². The van der Waals surface area contributed by atoms with Crippen molar-refractivity contribution in [2.24, 2.45) is 5.92 Å². The van der Waals surface area contributed by atoms with Crippen molar-refractivity contribution in [2.45, 2.75) is 25.8 Å². The van der Waals surface area contributed by atoms with Gasteiger partial charge in [0.15, 0.2) is 5.11 Å². The number of fused-ring (bicyclic) bond motifs is 3. The van der Waals surface area contributed by atoms with Gasteiger partial charge in [-0.15, -0.1) is 0 Å². The lowest BCUT2D eigenvalue weighted by Gasteiger charge is -2.45. The molecule has 1 atom stereocenters. The van der Waals surface area contributed by atoms with Gasteiger partial charge in [-0.2, -0.15) is 0 Å². The van der Waals surface area contributed by atoms with Gasteiger partial charge >= 0.3 is 0 Å². The molecule has 24 heavy (non-hydrogen) atoms. The van der Waals surface area contributed by atoms with Crippen LogP contribution in [0.25, 0.3) is 0 Å². The Morgan fingerprint density at radius 3 is 2.75 bits per heavy atom. The second-order valence-corrected chi connectivity index (χ2v) is 7.51. The number of amides is 1. The Hall–Kier alpha value is -1.18. The molecule has 7 heteroatoms. The summed E-state index contributed by atoms with van der Waals surface area (Å²) in [6.07, 6.45) is 2.42. The largest absolute Gasteiger partial charge is 0.493 e. The molecule has 3 aliphatic rings. The van der Waals surface area contributed by atoms with Gasteiger partial charge in [-0.1, -0.05) is 0 Å². The van der Waals surface area contributed by atoms with Crippen molar-refractivity contribution in [3.8, 4) is 5.75 Å². The number of thiocarbonyl (C=S) groups is 1. The zero-order valence-electron chi connectivity index (χ0n) is 13.7. The highest BCUT2D eigenvalue weighted by molar-refractivity contribution is 9.10. The number of hydrogen-bond donors (Lipinski definition) is 2. The van der Waals surface area contributed by atoms with E-state index in [-0.39, 0.29) is 5.91 Å². The van der Waals surface area contributed by atoms with E-state index in [1.165, 1.54) is 25.9 Å². The summed E-state index contributed by atoms with van der Waals surface area (Å²) in [7, 11) is 0. The number of carbonyl (C=O) groups is 1. The van der Waals surface area contributed by atoms with Gasteiger partial charge in [0.05, 0.1) is 11.1 Å². The maximum absolute atomic E-state index is 12.4. The molecule has 4 rings (SSSR count). The van der Waals surface area contributed by atoms with E-state index in [9.17, 15) is 4.79 Å². The molecular formula is C17H22BrN3O2S. The number of benzene rings is 1. The zero-order chi connectivity index (χ0) is 17.1. The first-order valence-corrected chi connectivity index (χ1v) is 9.53. The number of halogens is 1. The van der Waals surface area contributed by atoms with E-state index in [1.807, 2.05) is 6.92 Å². The zero-order valence-corrected chi connectivity index (χ0v) is 16.1. The molecule has 3 heterocycles. The van der Waals surface area contributed by atoms with Crippen molar-refractivity contribution in [3.05, 3.63) is 28.2 Å². The fourth-order valence-corrected chi connectivity index (χ4v) is 4.16. The third-order valence-corrected chi connectivity index (χ3v) is 5.53. The molecule has 5 nitrogen and oxygen atoms in total. The minimum absolute atomic E-state index is 0.211. The molecule has 3 aliphatic heterocycles. The molecule has 2 N–H and O–H groups in total. The summed E-state index contributed by atoms with van der Waals surface area (Å²) in [6.45, 7) is 5.88. The summed E-state index contributed by atoms with van der Waals surface area (Å²) < 4.78 is 6.22. The third-order valence-electron chi connectivity index (χ3n) is 4.69. The lowest BCUT2D eigenvalue weighted by molar-refractivity contribution is 0.0807. The van der Waals surface area contributed by atoms with Gasteiger partial charge in [-0.25, -0.2) is 0 Å². The lowest BCUT2D eigenvalue weighted by atomic mass is 9.84. The van der Waals surface area contributed by atoms with Crippen molar-refractivity contribution in [2.75, 3.05) is 26.2 Å². The Morgan fingerprint density at radius 1 is 1.42 bits per heavy atom. The van der Waals surface area contributed by atoms with Crippen LogP contribution in [0, 0.1) is 5.92 Å². The first-order chi connectivity index (χ1) is 11.6.